The van der Waals surface area contributed by atoms with Crippen molar-refractivity contribution in [1.29, 1.82) is 0 Å². The monoisotopic (exact) mass is 223 g/mol. The standard InChI is InChI=1S/C13H18FNO/c1-3-4-13(16)15-8-7-11-5-6-12(14)9-10(11)2/h5-6,9H,3-4,7-8H2,1-2H3,(H,15,16). The number of halogens is 1. The molecule has 1 aromatic rings. The fraction of sp³-hybridized carbons (Fsp3) is 0.462. The average Bonchev–Trinajstić information content (AvgIpc) is 2.22. The first-order valence-electron chi connectivity index (χ1n) is 5.65. The zero-order chi connectivity index (χ0) is 12.0. The van der Waals surface area contributed by atoms with Gasteiger partial charge in [-0.3, -0.25) is 4.79 Å². The summed E-state index contributed by atoms with van der Waals surface area (Å²) in [5.41, 5.74) is 2.02. The van der Waals surface area contributed by atoms with Crippen molar-refractivity contribution in [3.8, 4) is 0 Å². The summed E-state index contributed by atoms with van der Waals surface area (Å²) in [6.07, 6.45) is 2.19. The number of hydrogen-bond acceptors (Lipinski definition) is 1. The summed E-state index contributed by atoms with van der Waals surface area (Å²) in [6.45, 7) is 4.47. The third-order valence-corrected chi connectivity index (χ3v) is 2.50. The van der Waals surface area contributed by atoms with Crippen LogP contribution < -0.4 is 5.32 Å². The minimum Gasteiger partial charge on any atom is -0.356 e. The molecule has 2 nitrogen and oxygen atoms in total. The van der Waals surface area contributed by atoms with E-state index in [0.717, 1.165) is 24.0 Å². The Bertz CT molecular complexity index is 363. The number of carbonyl (C=O) groups is 1. The molecule has 0 aromatic heterocycles. The maximum atomic E-state index is 12.8. The Kier molecular flexibility index (Phi) is 4.96. The van der Waals surface area contributed by atoms with Crippen LogP contribution in [-0.2, 0) is 11.2 Å². The number of nitrogens with one attached hydrogen (secondary N) is 1. The van der Waals surface area contributed by atoms with E-state index in [1.807, 2.05) is 13.8 Å². The molecule has 0 aliphatic heterocycles. The minimum atomic E-state index is -0.212. The van der Waals surface area contributed by atoms with Crippen LogP contribution in [0.5, 0.6) is 0 Å². The molecule has 0 saturated carbocycles. The summed E-state index contributed by atoms with van der Waals surface area (Å²) in [4.78, 5) is 11.2. The molecule has 1 rings (SSSR count). The molecule has 1 aromatic carbocycles. The Labute approximate surface area is 95.9 Å². The molecule has 0 fully saturated rings. The van der Waals surface area contributed by atoms with Crippen molar-refractivity contribution in [3.63, 3.8) is 0 Å². The van der Waals surface area contributed by atoms with E-state index < -0.39 is 0 Å². The predicted octanol–water partition coefficient (Wildman–Crippen LogP) is 2.59. The molecule has 0 unspecified atom stereocenters. The van der Waals surface area contributed by atoms with Crippen molar-refractivity contribution in [1.82, 2.24) is 5.32 Å². The van der Waals surface area contributed by atoms with Crippen LogP contribution in [0.15, 0.2) is 18.2 Å². The van der Waals surface area contributed by atoms with Gasteiger partial charge in [-0.1, -0.05) is 13.0 Å². The van der Waals surface area contributed by atoms with Crippen LogP contribution in [0, 0.1) is 12.7 Å². The molecule has 0 atom stereocenters. The van der Waals surface area contributed by atoms with E-state index >= 15 is 0 Å². The fourth-order valence-electron chi connectivity index (χ4n) is 1.59. The van der Waals surface area contributed by atoms with Crippen LogP contribution >= 0.6 is 0 Å². The van der Waals surface area contributed by atoms with Crippen LogP contribution in [0.25, 0.3) is 0 Å². The van der Waals surface area contributed by atoms with Crippen molar-refractivity contribution in [2.45, 2.75) is 33.1 Å². The van der Waals surface area contributed by atoms with Crippen molar-refractivity contribution in [2.75, 3.05) is 6.54 Å². The highest BCUT2D eigenvalue weighted by molar-refractivity contribution is 5.75. The van der Waals surface area contributed by atoms with E-state index in [1.54, 1.807) is 6.07 Å². The average molecular weight is 223 g/mol. The third kappa shape index (κ3) is 4.01. The van der Waals surface area contributed by atoms with Crippen LogP contribution in [0.2, 0.25) is 0 Å². The fourth-order valence-corrected chi connectivity index (χ4v) is 1.59. The second-order valence-electron chi connectivity index (χ2n) is 3.92. The van der Waals surface area contributed by atoms with Crippen molar-refractivity contribution >= 4 is 5.91 Å². The lowest BCUT2D eigenvalue weighted by atomic mass is 10.1. The highest BCUT2D eigenvalue weighted by atomic mass is 19.1. The molecule has 1 amide bonds. The quantitative estimate of drug-likeness (QED) is 0.816. The molecular formula is C13H18FNO. The molecule has 0 bridgehead atoms. The topological polar surface area (TPSA) is 29.1 Å². The van der Waals surface area contributed by atoms with Gasteiger partial charge in [0.1, 0.15) is 5.82 Å². The summed E-state index contributed by atoms with van der Waals surface area (Å²) in [6, 6.07) is 4.75. The van der Waals surface area contributed by atoms with E-state index in [-0.39, 0.29) is 11.7 Å². The highest BCUT2D eigenvalue weighted by Gasteiger charge is 2.02. The van der Waals surface area contributed by atoms with E-state index in [4.69, 9.17) is 0 Å². The van der Waals surface area contributed by atoms with Gasteiger partial charge in [-0.25, -0.2) is 4.39 Å². The maximum absolute atomic E-state index is 12.8. The molecule has 0 radical (unpaired) electrons. The van der Waals surface area contributed by atoms with Gasteiger partial charge >= 0.3 is 0 Å². The molecule has 1 N–H and O–H groups in total. The van der Waals surface area contributed by atoms with Crippen LogP contribution in [-0.4, -0.2) is 12.5 Å². The molecule has 0 spiro atoms. The second-order valence-corrected chi connectivity index (χ2v) is 3.92. The Morgan fingerprint density at radius 2 is 2.19 bits per heavy atom. The van der Waals surface area contributed by atoms with Crippen molar-refractivity contribution in [2.24, 2.45) is 0 Å². The minimum absolute atomic E-state index is 0.0854. The van der Waals surface area contributed by atoms with Crippen LogP contribution in [0.1, 0.15) is 30.9 Å². The van der Waals surface area contributed by atoms with Gasteiger partial charge in [-0.2, -0.15) is 0 Å². The lowest BCUT2D eigenvalue weighted by molar-refractivity contribution is -0.121. The first kappa shape index (κ1) is 12.7. The lowest BCUT2D eigenvalue weighted by Gasteiger charge is -2.07. The van der Waals surface area contributed by atoms with Gasteiger partial charge in [0.05, 0.1) is 0 Å². The van der Waals surface area contributed by atoms with Gasteiger partial charge < -0.3 is 5.32 Å². The number of amides is 1. The molecule has 0 saturated heterocycles. The first-order chi connectivity index (χ1) is 7.63. The largest absolute Gasteiger partial charge is 0.356 e. The molecule has 0 aliphatic rings. The Morgan fingerprint density at radius 3 is 2.81 bits per heavy atom. The maximum Gasteiger partial charge on any atom is 0.219 e. The number of aryl methyl sites for hydroxylation is 1. The van der Waals surface area contributed by atoms with Gasteiger partial charge in [0.25, 0.3) is 0 Å². The van der Waals surface area contributed by atoms with Crippen molar-refractivity contribution < 1.29 is 9.18 Å². The van der Waals surface area contributed by atoms with Gasteiger partial charge in [0.2, 0.25) is 5.91 Å². The van der Waals surface area contributed by atoms with Gasteiger partial charge in [0, 0.05) is 13.0 Å². The third-order valence-electron chi connectivity index (χ3n) is 2.50. The van der Waals surface area contributed by atoms with Crippen LogP contribution in [0.3, 0.4) is 0 Å². The van der Waals surface area contributed by atoms with E-state index in [1.165, 1.54) is 12.1 Å². The molecule has 0 aliphatic carbocycles. The van der Waals surface area contributed by atoms with Gasteiger partial charge in [-0.15, -0.1) is 0 Å². The SMILES string of the molecule is CCCC(=O)NCCc1ccc(F)cc1C. The Balaban J connectivity index is 2.40. The van der Waals surface area contributed by atoms with E-state index in [2.05, 4.69) is 5.32 Å². The Hall–Kier alpha value is -1.38. The molecular weight excluding hydrogens is 205 g/mol. The summed E-state index contributed by atoms with van der Waals surface area (Å²) in [5, 5.41) is 2.84. The lowest BCUT2D eigenvalue weighted by Crippen LogP contribution is -2.25. The zero-order valence-electron chi connectivity index (χ0n) is 9.85. The molecule has 0 heterocycles. The number of carbonyl (C=O) groups excluding carboxylic acids is 1. The summed E-state index contributed by atoms with van der Waals surface area (Å²) in [5.74, 6) is -0.126. The van der Waals surface area contributed by atoms with Crippen LogP contribution in [0.4, 0.5) is 4.39 Å². The first-order valence-corrected chi connectivity index (χ1v) is 5.65. The molecule has 16 heavy (non-hydrogen) atoms. The summed E-state index contributed by atoms with van der Waals surface area (Å²) >= 11 is 0. The Morgan fingerprint density at radius 1 is 1.44 bits per heavy atom. The van der Waals surface area contributed by atoms with E-state index in [9.17, 15) is 9.18 Å². The number of rotatable bonds is 5. The van der Waals surface area contributed by atoms with E-state index in [0.29, 0.717) is 13.0 Å². The van der Waals surface area contributed by atoms with Crippen molar-refractivity contribution in [3.05, 3.63) is 35.1 Å². The van der Waals surface area contributed by atoms with Gasteiger partial charge in [-0.05, 0) is 43.0 Å². The van der Waals surface area contributed by atoms with Gasteiger partial charge in [0.15, 0.2) is 0 Å². The number of hydrogen-bond donors (Lipinski definition) is 1. The molecule has 88 valence electrons. The second kappa shape index (κ2) is 6.26. The summed E-state index contributed by atoms with van der Waals surface area (Å²) < 4.78 is 12.8. The number of benzene rings is 1. The molecule has 3 heteroatoms. The highest BCUT2D eigenvalue weighted by Crippen LogP contribution is 2.10. The predicted molar refractivity (Wildman–Crippen MR) is 62.8 cm³/mol. The smallest absolute Gasteiger partial charge is 0.219 e. The zero-order valence-corrected chi connectivity index (χ0v) is 9.85. The summed E-state index contributed by atoms with van der Waals surface area (Å²) in [7, 11) is 0. The normalized spacial score (nSPS) is 10.2.